The number of hydrogen-bond donors (Lipinski definition) is 0. The second kappa shape index (κ2) is 5.38. The Morgan fingerprint density at radius 2 is 2.33 bits per heavy atom. The number of rotatable bonds is 3. The van der Waals surface area contributed by atoms with Gasteiger partial charge in [0.1, 0.15) is 12.6 Å². The Morgan fingerprint density at radius 3 is 2.93 bits per heavy atom. The Bertz CT molecular complexity index is 264. The van der Waals surface area contributed by atoms with Gasteiger partial charge in [-0.2, -0.15) is 0 Å². The highest BCUT2D eigenvalue weighted by atomic mass is 16.6. The van der Waals surface area contributed by atoms with Gasteiger partial charge in [0.2, 0.25) is 0 Å². The minimum Gasteiger partial charge on any atom is -0.467 e. The monoisotopic (exact) mass is 213 g/mol. The van der Waals surface area contributed by atoms with Crippen molar-refractivity contribution in [3.05, 3.63) is 12.7 Å². The highest BCUT2D eigenvalue weighted by molar-refractivity contribution is 5.82. The zero-order valence-corrected chi connectivity index (χ0v) is 8.77. The predicted octanol–water partition coefficient (Wildman–Crippen LogP) is 0.946. The Morgan fingerprint density at radius 1 is 1.60 bits per heavy atom. The van der Waals surface area contributed by atoms with Crippen molar-refractivity contribution in [1.29, 1.82) is 0 Å². The van der Waals surface area contributed by atoms with Crippen LogP contribution in [0.5, 0.6) is 0 Å². The summed E-state index contributed by atoms with van der Waals surface area (Å²) >= 11 is 0. The van der Waals surface area contributed by atoms with E-state index in [4.69, 9.17) is 4.74 Å². The second-order valence-corrected chi connectivity index (χ2v) is 3.24. The summed E-state index contributed by atoms with van der Waals surface area (Å²) in [5.41, 5.74) is 0. The summed E-state index contributed by atoms with van der Waals surface area (Å²) in [6, 6.07) is -0.493. The second-order valence-electron chi connectivity index (χ2n) is 3.24. The Balaban J connectivity index is 2.55. The van der Waals surface area contributed by atoms with Crippen molar-refractivity contribution in [3.63, 3.8) is 0 Å². The van der Waals surface area contributed by atoms with Crippen LogP contribution in [0.3, 0.4) is 0 Å². The zero-order valence-electron chi connectivity index (χ0n) is 8.77. The average molecular weight is 213 g/mol. The number of likely N-dealkylation sites (tertiary alicyclic amines) is 1. The van der Waals surface area contributed by atoms with Crippen LogP contribution in [0.15, 0.2) is 12.7 Å². The lowest BCUT2D eigenvalue weighted by Gasteiger charge is -2.21. The van der Waals surface area contributed by atoms with Crippen LogP contribution in [-0.4, -0.2) is 43.3 Å². The molecule has 0 aliphatic carbocycles. The minimum absolute atomic E-state index is 0.156. The first-order valence-corrected chi connectivity index (χ1v) is 4.82. The molecule has 0 spiro atoms. The van der Waals surface area contributed by atoms with E-state index in [0.717, 1.165) is 6.42 Å². The minimum atomic E-state index is -0.493. The molecule has 15 heavy (non-hydrogen) atoms. The number of hydrogen-bond acceptors (Lipinski definition) is 4. The van der Waals surface area contributed by atoms with Gasteiger partial charge in [-0.05, 0) is 12.8 Å². The molecule has 1 heterocycles. The van der Waals surface area contributed by atoms with Crippen molar-refractivity contribution >= 4 is 12.1 Å². The zero-order chi connectivity index (χ0) is 11.3. The molecule has 1 rings (SSSR count). The molecule has 5 heteroatoms. The standard InChI is InChI=1S/C10H15NO4/c1-3-7-15-10(13)11-6-4-5-8(11)9(12)14-2/h3,8H,1,4-7H2,2H3. The molecule has 5 nitrogen and oxygen atoms in total. The summed E-state index contributed by atoms with van der Waals surface area (Å²) in [6.45, 7) is 4.14. The fraction of sp³-hybridized carbons (Fsp3) is 0.600. The number of carbonyl (C=O) groups is 2. The van der Waals surface area contributed by atoms with Crippen LogP contribution >= 0.6 is 0 Å². The summed E-state index contributed by atoms with van der Waals surface area (Å²) < 4.78 is 9.47. The van der Waals surface area contributed by atoms with Crippen LogP contribution in [0.25, 0.3) is 0 Å². The van der Waals surface area contributed by atoms with Gasteiger partial charge in [-0.3, -0.25) is 4.90 Å². The lowest BCUT2D eigenvalue weighted by Crippen LogP contribution is -2.41. The van der Waals surface area contributed by atoms with Crippen LogP contribution in [0.4, 0.5) is 4.79 Å². The van der Waals surface area contributed by atoms with Crippen molar-refractivity contribution in [3.8, 4) is 0 Å². The SMILES string of the molecule is C=CCOC(=O)N1CCCC1C(=O)OC. The van der Waals surface area contributed by atoms with E-state index < -0.39 is 12.1 Å². The molecule has 1 fully saturated rings. The molecular formula is C10H15NO4. The molecule has 1 atom stereocenters. The number of esters is 1. The van der Waals surface area contributed by atoms with E-state index in [-0.39, 0.29) is 12.6 Å². The Hall–Kier alpha value is -1.52. The number of ether oxygens (including phenoxy) is 2. The maximum Gasteiger partial charge on any atom is 0.410 e. The maximum absolute atomic E-state index is 11.5. The number of nitrogens with zero attached hydrogens (tertiary/aromatic N) is 1. The molecule has 0 N–H and O–H groups in total. The summed E-state index contributed by atoms with van der Waals surface area (Å²) in [4.78, 5) is 24.2. The maximum atomic E-state index is 11.5. The molecule has 0 bridgehead atoms. The van der Waals surface area contributed by atoms with Crippen LogP contribution < -0.4 is 0 Å². The van der Waals surface area contributed by atoms with Crippen LogP contribution in [-0.2, 0) is 14.3 Å². The van der Waals surface area contributed by atoms with Gasteiger partial charge in [0.25, 0.3) is 0 Å². The third-order valence-corrected chi connectivity index (χ3v) is 2.29. The van der Waals surface area contributed by atoms with E-state index in [1.54, 1.807) is 0 Å². The van der Waals surface area contributed by atoms with E-state index in [2.05, 4.69) is 11.3 Å². The van der Waals surface area contributed by atoms with E-state index >= 15 is 0 Å². The average Bonchev–Trinajstić information content (AvgIpc) is 2.73. The first-order chi connectivity index (χ1) is 7.20. The fourth-order valence-electron chi connectivity index (χ4n) is 1.58. The highest BCUT2D eigenvalue weighted by Gasteiger charge is 2.35. The van der Waals surface area contributed by atoms with Crippen molar-refractivity contribution in [2.24, 2.45) is 0 Å². The van der Waals surface area contributed by atoms with Gasteiger partial charge < -0.3 is 9.47 Å². The Labute approximate surface area is 88.6 Å². The van der Waals surface area contributed by atoms with Gasteiger partial charge in [-0.1, -0.05) is 12.7 Å². The van der Waals surface area contributed by atoms with E-state index in [0.29, 0.717) is 13.0 Å². The van der Waals surface area contributed by atoms with Crippen molar-refractivity contribution < 1.29 is 19.1 Å². The van der Waals surface area contributed by atoms with Gasteiger partial charge >= 0.3 is 12.1 Å². The molecule has 1 amide bonds. The molecule has 84 valence electrons. The first kappa shape index (κ1) is 11.6. The molecule has 0 aromatic carbocycles. The van der Waals surface area contributed by atoms with E-state index in [9.17, 15) is 9.59 Å². The molecule has 1 saturated heterocycles. The third kappa shape index (κ3) is 2.71. The van der Waals surface area contributed by atoms with Gasteiger partial charge in [0, 0.05) is 6.54 Å². The van der Waals surface area contributed by atoms with Gasteiger partial charge in [-0.25, -0.2) is 9.59 Å². The smallest absolute Gasteiger partial charge is 0.410 e. The molecule has 0 aromatic rings. The molecular weight excluding hydrogens is 198 g/mol. The lowest BCUT2D eigenvalue weighted by molar-refractivity contribution is -0.145. The molecule has 1 aliphatic rings. The van der Waals surface area contributed by atoms with Gasteiger partial charge in [-0.15, -0.1) is 0 Å². The molecule has 0 radical (unpaired) electrons. The van der Waals surface area contributed by atoms with E-state index in [1.165, 1.54) is 18.1 Å². The topological polar surface area (TPSA) is 55.8 Å². The summed E-state index contributed by atoms with van der Waals surface area (Å²) in [5, 5.41) is 0. The highest BCUT2D eigenvalue weighted by Crippen LogP contribution is 2.19. The van der Waals surface area contributed by atoms with Gasteiger partial charge in [0.15, 0.2) is 0 Å². The van der Waals surface area contributed by atoms with Crippen LogP contribution in [0.2, 0.25) is 0 Å². The summed E-state index contributed by atoms with van der Waals surface area (Å²) in [5.74, 6) is -0.386. The lowest BCUT2D eigenvalue weighted by atomic mass is 10.2. The molecule has 0 aromatic heterocycles. The van der Waals surface area contributed by atoms with E-state index in [1.807, 2.05) is 0 Å². The van der Waals surface area contributed by atoms with Crippen molar-refractivity contribution in [2.75, 3.05) is 20.3 Å². The number of methoxy groups -OCH3 is 1. The van der Waals surface area contributed by atoms with Crippen LogP contribution in [0, 0.1) is 0 Å². The quantitative estimate of drug-likeness (QED) is 0.517. The normalized spacial score (nSPS) is 19.8. The summed E-state index contributed by atoms with van der Waals surface area (Å²) in [7, 11) is 1.31. The fourth-order valence-corrected chi connectivity index (χ4v) is 1.58. The van der Waals surface area contributed by atoms with Crippen molar-refractivity contribution in [1.82, 2.24) is 4.90 Å². The summed E-state index contributed by atoms with van der Waals surface area (Å²) in [6.07, 6.45) is 2.43. The molecule has 1 unspecified atom stereocenters. The van der Waals surface area contributed by atoms with Crippen molar-refractivity contribution in [2.45, 2.75) is 18.9 Å². The number of carbonyl (C=O) groups excluding carboxylic acids is 2. The van der Waals surface area contributed by atoms with Gasteiger partial charge in [0.05, 0.1) is 7.11 Å². The first-order valence-electron chi connectivity index (χ1n) is 4.82. The third-order valence-electron chi connectivity index (χ3n) is 2.29. The largest absolute Gasteiger partial charge is 0.467 e. The molecule has 1 aliphatic heterocycles. The Kier molecular flexibility index (Phi) is 4.15. The predicted molar refractivity (Wildman–Crippen MR) is 53.3 cm³/mol. The van der Waals surface area contributed by atoms with Crippen LogP contribution in [0.1, 0.15) is 12.8 Å². The molecule has 0 saturated carbocycles. The number of amides is 1.